The zero-order chi connectivity index (χ0) is 14.7. The molecular weight excluding hydrogens is 268 g/mol. The van der Waals surface area contributed by atoms with E-state index in [0.717, 1.165) is 5.56 Å². The molecule has 1 aromatic carbocycles. The molecule has 6 nitrogen and oxygen atoms in total. The maximum Gasteiger partial charge on any atom is 0.241 e. The highest BCUT2D eigenvalue weighted by molar-refractivity contribution is 5.94. The van der Waals surface area contributed by atoms with Gasteiger partial charge in [-0.15, -0.1) is 0 Å². The summed E-state index contributed by atoms with van der Waals surface area (Å²) in [5.74, 6) is -0.134. The number of aliphatic hydroxyl groups is 1. The van der Waals surface area contributed by atoms with Gasteiger partial charge in [-0.3, -0.25) is 9.48 Å². The number of aliphatic hydroxyl groups excluding tert-OH is 1. The summed E-state index contributed by atoms with van der Waals surface area (Å²) in [6.45, 7) is 1.13. The fourth-order valence-corrected chi connectivity index (χ4v) is 2.43. The van der Waals surface area contributed by atoms with Gasteiger partial charge >= 0.3 is 0 Å². The molecule has 3 rings (SSSR count). The van der Waals surface area contributed by atoms with E-state index in [9.17, 15) is 9.90 Å². The summed E-state index contributed by atoms with van der Waals surface area (Å²) in [4.78, 5) is 12.0. The molecule has 6 heteroatoms. The first-order valence-corrected chi connectivity index (χ1v) is 6.99. The van der Waals surface area contributed by atoms with Crippen LogP contribution in [0.4, 0.5) is 5.69 Å². The van der Waals surface area contributed by atoms with Crippen LogP contribution in [-0.2, 0) is 11.3 Å². The van der Waals surface area contributed by atoms with Crippen molar-refractivity contribution in [2.45, 2.75) is 25.1 Å². The summed E-state index contributed by atoms with van der Waals surface area (Å²) in [5, 5.41) is 19.5. The molecule has 2 aromatic rings. The Labute approximate surface area is 122 Å². The lowest BCUT2D eigenvalue weighted by atomic mass is 10.2. The highest BCUT2D eigenvalue weighted by Gasteiger charge is 2.28. The largest absolute Gasteiger partial charge is 0.392 e. The van der Waals surface area contributed by atoms with Crippen LogP contribution in [0.2, 0.25) is 0 Å². The van der Waals surface area contributed by atoms with E-state index in [4.69, 9.17) is 0 Å². The number of rotatable bonds is 4. The van der Waals surface area contributed by atoms with Crippen LogP contribution in [0, 0.1) is 0 Å². The van der Waals surface area contributed by atoms with Gasteiger partial charge in [0, 0.05) is 12.7 Å². The number of β-amino-alcohol motifs (C(OH)–C–C–N with tert-alkyl or cyclic N) is 1. The molecule has 0 spiro atoms. The van der Waals surface area contributed by atoms with Gasteiger partial charge in [0.25, 0.3) is 0 Å². The van der Waals surface area contributed by atoms with Crippen molar-refractivity contribution in [2.24, 2.45) is 0 Å². The van der Waals surface area contributed by atoms with Crippen LogP contribution in [0.1, 0.15) is 12.0 Å². The van der Waals surface area contributed by atoms with E-state index in [0.29, 0.717) is 25.2 Å². The van der Waals surface area contributed by atoms with Crippen molar-refractivity contribution in [1.29, 1.82) is 0 Å². The maximum absolute atomic E-state index is 12.0. The van der Waals surface area contributed by atoms with Crippen LogP contribution < -0.4 is 10.6 Å². The van der Waals surface area contributed by atoms with E-state index >= 15 is 0 Å². The summed E-state index contributed by atoms with van der Waals surface area (Å²) in [6, 6.07) is 9.67. The number of hydrogen-bond acceptors (Lipinski definition) is 4. The van der Waals surface area contributed by atoms with E-state index in [1.165, 1.54) is 0 Å². The first-order chi connectivity index (χ1) is 10.2. The number of carbonyl (C=O) groups excluding carboxylic acids is 1. The van der Waals surface area contributed by atoms with Gasteiger partial charge in [0.05, 0.1) is 30.6 Å². The third-order valence-electron chi connectivity index (χ3n) is 3.51. The second-order valence-electron chi connectivity index (χ2n) is 5.25. The van der Waals surface area contributed by atoms with Gasteiger partial charge in [-0.2, -0.15) is 5.10 Å². The number of aromatic nitrogens is 2. The lowest BCUT2D eigenvalue weighted by Gasteiger charge is -2.09. The Morgan fingerprint density at radius 3 is 2.95 bits per heavy atom. The van der Waals surface area contributed by atoms with Crippen molar-refractivity contribution in [3.8, 4) is 0 Å². The van der Waals surface area contributed by atoms with E-state index < -0.39 is 6.10 Å². The summed E-state index contributed by atoms with van der Waals surface area (Å²) >= 11 is 0. The first kappa shape index (κ1) is 13.8. The van der Waals surface area contributed by atoms with Crippen molar-refractivity contribution in [3.63, 3.8) is 0 Å². The fraction of sp³-hybridized carbons (Fsp3) is 0.333. The van der Waals surface area contributed by atoms with E-state index in [2.05, 4.69) is 15.7 Å². The van der Waals surface area contributed by atoms with E-state index in [1.807, 2.05) is 30.3 Å². The van der Waals surface area contributed by atoms with Crippen LogP contribution in [0.3, 0.4) is 0 Å². The van der Waals surface area contributed by atoms with Crippen molar-refractivity contribution in [3.05, 3.63) is 48.3 Å². The molecule has 1 amide bonds. The average molecular weight is 286 g/mol. The number of amides is 1. The quantitative estimate of drug-likeness (QED) is 0.769. The molecule has 1 aliphatic rings. The molecule has 1 fully saturated rings. The SMILES string of the molecule is O=C(Nc1cnn(Cc2ccccc2)c1)C1CC(O)CN1. The molecule has 2 unspecified atom stereocenters. The van der Waals surface area contributed by atoms with Crippen LogP contribution >= 0.6 is 0 Å². The normalized spacial score (nSPS) is 21.4. The summed E-state index contributed by atoms with van der Waals surface area (Å²) in [7, 11) is 0. The summed E-state index contributed by atoms with van der Waals surface area (Å²) < 4.78 is 1.78. The minimum absolute atomic E-state index is 0.134. The highest BCUT2D eigenvalue weighted by atomic mass is 16.3. The van der Waals surface area contributed by atoms with Gasteiger partial charge in [-0.1, -0.05) is 30.3 Å². The van der Waals surface area contributed by atoms with Gasteiger partial charge in [0.1, 0.15) is 0 Å². The van der Waals surface area contributed by atoms with Crippen molar-refractivity contribution >= 4 is 11.6 Å². The van der Waals surface area contributed by atoms with Crippen LogP contribution in [-0.4, -0.2) is 39.5 Å². The molecule has 0 radical (unpaired) electrons. The predicted octanol–water partition coefficient (Wildman–Crippen LogP) is 0.593. The molecule has 0 bridgehead atoms. The Hall–Kier alpha value is -2.18. The third kappa shape index (κ3) is 3.48. The average Bonchev–Trinajstić information content (AvgIpc) is 3.09. The van der Waals surface area contributed by atoms with Gasteiger partial charge < -0.3 is 15.7 Å². The van der Waals surface area contributed by atoms with Gasteiger partial charge in [-0.25, -0.2) is 0 Å². The fourth-order valence-electron chi connectivity index (χ4n) is 2.43. The monoisotopic (exact) mass is 286 g/mol. The van der Waals surface area contributed by atoms with Crippen molar-refractivity contribution < 1.29 is 9.90 Å². The predicted molar refractivity (Wildman–Crippen MR) is 78.8 cm³/mol. The van der Waals surface area contributed by atoms with Crippen LogP contribution in [0.15, 0.2) is 42.7 Å². The molecule has 1 aliphatic heterocycles. The summed E-state index contributed by atoms with van der Waals surface area (Å²) in [6.07, 6.45) is 3.44. The molecule has 0 saturated carbocycles. The van der Waals surface area contributed by atoms with Crippen LogP contribution in [0.5, 0.6) is 0 Å². The minimum atomic E-state index is -0.443. The topological polar surface area (TPSA) is 79.2 Å². The zero-order valence-corrected chi connectivity index (χ0v) is 11.6. The molecule has 1 aromatic heterocycles. The standard InChI is InChI=1S/C15H18N4O2/c20-13-6-14(16-8-13)15(21)18-12-7-17-19(10-12)9-11-4-2-1-3-5-11/h1-5,7,10,13-14,16,20H,6,8-9H2,(H,18,21). The lowest BCUT2D eigenvalue weighted by molar-refractivity contribution is -0.117. The van der Waals surface area contributed by atoms with Crippen molar-refractivity contribution in [1.82, 2.24) is 15.1 Å². The number of nitrogens with one attached hydrogen (secondary N) is 2. The van der Waals surface area contributed by atoms with Gasteiger partial charge in [0.15, 0.2) is 0 Å². The second-order valence-corrected chi connectivity index (χ2v) is 5.25. The molecule has 2 atom stereocenters. The second kappa shape index (κ2) is 6.07. The molecule has 3 N–H and O–H groups in total. The molecule has 21 heavy (non-hydrogen) atoms. The number of benzene rings is 1. The Morgan fingerprint density at radius 2 is 2.24 bits per heavy atom. The van der Waals surface area contributed by atoms with Crippen LogP contribution in [0.25, 0.3) is 0 Å². The highest BCUT2D eigenvalue weighted by Crippen LogP contribution is 2.11. The zero-order valence-electron chi connectivity index (χ0n) is 11.6. The molecule has 0 aliphatic carbocycles. The van der Waals surface area contributed by atoms with E-state index in [-0.39, 0.29) is 11.9 Å². The lowest BCUT2D eigenvalue weighted by Crippen LogP contribution is -2.35. The third-order valence-corrected chi connectivity index (χ3v) is 3.51. The Morgan fingerprint density at radius 1 is 1.43 bits per heavy atom. The van der Waals surface area contributed by atoms with Crippen molar-refractivity contribution in [2.75, 3.05) is 11.9 Å². The number of carbonyl (C=O) groups is 1. The Bertz CT molecular complexity index is 611. The van der Waals surface area contributed by atoms with Gasteiger partial charge in [-0.05, 0) is 12.0 Å². The van der Waals surface area contributed by atoms with E-state index in [1.54, 1.807) is 17.1 Å². The Balaban J connectivity index is 1.59. The smallest absolute Gasteiger partial charge is 0.241 e. The number of anilines is 1. The minimum Gasteiger partial charge on any atom is -0.392 e. The maximum atomic E-state index is 12.0. The first-order valence-electron chi connectivity index (χ1n) is 6.99. The molecular formula is C15H18N4O2. The molecule has 2 heterocycles. The number of hydrogen-bond donors (Lipinski definition) is 3. The summed E-state index contributed by atoms with van der Waals surface area (Å²) in [5.41, 5.74) is 1.82. The number of nitrogens with zero attached hydrogens (tertiary/aromatic N) is 2. The van der Waals surface area contributed by atoms with Gasteiger partial charge in [0.2, 0.25) is 5.91 Å². The Kier molecular flexibility index (Phi) is 3.98. The molecule has 1 saturated heterocycles. The molecule has 110 valence electrons.